The summed E-state index contributed by atoms with van der Waals surface area (Å²) in [5.41, 5.74) is 2.37. The average Bonchev–Trinajstić information content (AvgIpc) is 2.53. The van der Waals surface area contributed by atoms with E-state index in [2.05, 4.69) is 36.5 Å². The maximum absolute atomic E-state index is 10.8. The van der Waals surface area contributed by atoms with Crippen LogP contribution >= 0.6 is 27.7 Å². The molecule has 2 rings (SSSR count). The number of rotatable bonds is 0. The van der Waals surface area contributed by atoms with Gasteiger partial charge in [-0.3, -0.25) is 4.79 Å². The topological polar surface area (TPSA) is 72.2 Å². The molecule has 1 amide bonds. The van der Waals surface area contributed by atoms with Crippen LogP contribution in [0.5, 0.6) is 0 Å². The van der Waals surface area contributed by atoms with Crippen molar-refractivity contribution in [2.24, 2.45) is 5.10 Å². The molecule has 2 heterocycles. The van der Waals surface area contributed by atoms with Crippen LogP contribution in [-0.2, 0) is 4.79 Å². The first kappa shape index (κ1) is 8.70. The highest BCUT2D eigenvalue weighted by molar-refractivity contribution is 9.10. The summed E-state index contributed by atoms with van der Waals surface area (Å²) >= 11 is 4.51. The molecule has 0 aliphatic carbocycles. The van der Waals surface area contributed by atoms with Crippen LogP contribution < -0.4 is 5.43 Å². The van der Waals surface area contributed by atoms with Gasteiger partial charge >= 0.3 is 0 Å². The Kier molecular flexibility index (Phi) is 2.32. The number of carbonyl (C=O) groups excluding carboxylic acids is 1. The van der Waals surface area contributed by atoms with Crippen molar-refractivity contribution in [3.8, 4) is 0 Å². The fourth-order valence-corrected chi connectivity index (χ4v) is 1.93. The number of halogens is 1. The molecule has 0 bridgehead atoms. The molecular weight excluding hydrogens is 258 g/mol. The first-order valence-electron chi connectivity index (χ1n) is 3.32. The molecule has 1 aromatic heterocycles. The zero-order valence-corrected chi connectivity index (χ0v) is 8.67. The maximum Gasteiger partial charge on any atom is 0.250 e. The summed E-state index contributed by atoms with van der Waals surface area (Å²) in [7, 11) is 0. The molecule has 0 aromatic carbocycles. The van der Waals surface area contributed by atoms with E-state index in [0.29, 0.717) is 15.7 Å². The lowest BCUT2D eigenvalue weighted by Crippen LogP contribution is -2.29. The third-order valence-corrected chi connectivity index (χ3v) is 2.77. The summed E-state index contributed by atoms with van der Waals surface area (Å²) < 4.78 is 2.07. The van der Waals surface area contributed by atoms with Gasteiger partial charge in [-0.1, -0.05) is 11.8 Å². The second-order valence-electron chi connectivity index (χ2n) is 2.16. The Morgan fingerprint density at radius 1 is 1.69 bits per heavy atom. The summed E-state index contributed by atoms with van der Waals surface area (Å²) in [6.45, 7) is 0. The van der Waals surface area contributed by atoms with Crippen LogP contribution in [0.1, 0.15) is 0 Å². The fraction of sp³-hybridized carbons (Fsp3) is 0.200. The second kappa shape index (κ2) is 3.46. The normalized spacial score (nSPS) is 16.7. The largest absolute Gasteiger partial charge is 0.272 e. The van der Waals surface area contributed by atoms with Gasteiger partial charge in [0.15, 0.2) is 0 Å². The molecule has 1 N–H and O–H groups in total. The van der Waals surface area contributed by atoms with E-state index in [-0.39, 0.29) is 5.91 Å². The first-order valence-corrected chi connectivity index (χ1v) is 5.10. The third-order valence-electron chi connectivity index (χ3n) is 1.30. The van der Waals surface area contributed by atoms with Gasteiger partial charge in [0.2, 0.25) is 9.90 Å². The molecule has 0 radical (unpaired) electrons. The number of nitrogens with zero attached hydrogens (tertiary/aromatic N) is 4. The van der Waals surface area contributed by atoms with Gasteiger partial charge in [-0.15, -0.1) is 5.10 Å². The van der Waals surface area contributed by atoms with Gasteiger partial charge in [0, 0.05) is 0 Å². The van der Waals surface area contributed by atoms with Gasteiger partial charge in [0.1, 0.15) is 6.33 Å². The lowest BCUT2D eigenvalue weighted by molar-refractivity contribution is -0.118. The SMILES string of the molecule is O=C1CSC(n2ncnc2Br)=NN1. The van der Waals surface area contributed by atoms with Crippen LogP contribution in [0.4, 0.5) is 0 Å². The minimum Gasteiger partial charge on any atom is -0.272 e. The number of nitrogens with one attached hydrogen (secondary N) is 1. The van der Waals surface area contributed by atoms with Crippen LogP contribution in [0.15, 0.2) is 16.2 Å². The Bertz CT molecular complexity index is 375. The summed E-state index contributed by atoms with van der Waals surface area (Å²) in [4.78, 5) is 14.6. The predicted octanol–water partition coefficient (Wildman–Crippen LogP) is 0.0227. The van der Waals surface area contributed by atoms with Crippen LogP contribution in [-0.4, -0.2) is 31.6 Å². The smallest absolute Gasteiger partial charge is 0.250 e. The molecule has 1 aliphatic rings. The van der Waals surface area contributed by atoms with Crippen molar-refractivity contribution in [3.63, 3.8) is 0 Å². The molecule has 68 valence electrons. The minimum absolute atomic E-state index is 0.106. The molecule has 8 heteroatoms. The van der Waals surface area contributed by atoms with Crippen LogP contribution in [0.25, 0.3) is 0 Å². The van der Waals surface area contributed by atoms with Gasteiger partial charge in [0.25, 0.3) is 5.91 Å². The van der Waals surface area contributed by atoms with Gasteiger partial charge in [-0.25, -0.2) is 10.4 Å². The molecule has 0 saturated carbocycles. The van der Waals surface area contributed by atoms with E-state index in [0.717, 1.165) is 0 Å². The van der Waals surface area contributed by atoms with Crippen molar-refractivity contribution in [1.29, 1.82) is 0 Å². The molecule has 0 atom stereocenters. The zero-order chi connectivity index (χ0) is 9.26. The summed E-state index contributed by atoms with van der Waals surface area (Å²) in [5.74, 6) is 0.246. The van der Waals surface area contributed by atoms with Crippen molar-refractivity contribution in [2.75, 3.05) is 5.75 Å². The average molecular weight is 262 g/mol. The molecule has 0 fully saturated rings. The van der Waals surface area contributed by atoms with Gasteiger partial charge in [-0.05, 0) is 15.9 Å². The molecule has 0 unspecified atom stereocenters. The molecular formula is C5H4BrN5OS. The summed E-state index contributed by atoms with van der Waals surface area (Å²) in [6.07, 6.45) is 1.41. The molecule has 1 aromatic rings. The monoisotopic (exact) mass is 261 g/mol. The van der Waals surface area contributed by atoms with Crippen LogP contribution in [0.2, 0.25) is 0 Å². The first-order chi connectivity index (χ1) is 6.27. The second-order valence-corrected chi connectivity index (χ2v) is 3.81. The Morgan fingerprint density at radius 2 is 2.54 bits per heavy atom. The number of hydrogen-bond donors (Lipinski definition) is 1. The van der Waals surface area contributed by atoms with Crippen LogP contribution in [0.3, 0.4) is 0 Å². The summed E-state index contributed by atoms with van der Waals surface area (Å²) in [6, 6.07) is 0. The number of thioether (sulfide) groups is 1. The van der Waals surface area contributed by atoms with Crippen molar-refractivity contribution >= 4 is 38.8 Å². The van der Waals surface area contributed by atoms with E-state index >= 15 is 0 Å². The van der Waals surface area contributed by atoms with E-state index < -0.39 is 0 Å². The molecule has 13 heavy (non-hydrogen) atoms. The molecule has 0 spiro atoms. The number of amides is 1. The van der Waals surface area contributed by atoms with E-state index in [9.17, 15) is 4.79 Å². The maximum atomic E-state index is 10.8. The highest BCUT2D eigenvalue weighted by Gasteiger charge is 2.16. The number of hydrazone groups is 1. The minimum atomic E-state index is -0.106. The van der Waals surface area contributed by atoms with Crippen molar-refractivity contribution in [2.45, 2.75) is 0 Å². The van der Waals surface area contributed by atoms with E-state index in [1.165, 1.54) is 22.8 Å². The van der Waals surface area contributed by atoms with E-state index in [1.54, 1.807) is 0 Å². The van der Waals surface area contributed by atoms with Gasteiger partial charge < -0.3 is 0 Å². The number of aromatic nitrogens is 3. The lowest BCUT2D eigenvalue weighted by atomic mass is 10.7. The fourth-order valence-electron chi connectivity index (χ4n) is 0.769. The lowest BCUT2D eigenvalue weighted by Gasteiger charge is -2.10. The van der Waals surface area contributed by atoms with Crippen molar-refractivity contribution < 1.29 is 4.79 Å². The van der Waals surface area contributed by atoms with Gasteiger partial charge in [-0.2, -0.15) is 9.78 Å². The van der Waals surface area contributed by atoms with Crippen LogP contribution in [0, 0.1) is 0 Å². The molecule has 0 saturated heterocycles. The Balaban J connectivity index is 2.28. The summed E-state index contributed by atoms with van der Waals surface area (Å²) in [5, 5.41) is 8.35. The van der Waals surface area contributed by atoms with E-state index in [4.69, 9.17) is 0 Å². The van der Waals surface area contributed by atoms with Gasteiger partial charge in [0.05, 0.1) is 5.75 Å². The quantitative estimate of drug-likeness (QED) is 0.715. The highest BCUT2D eigenvalue weighted by atomic mass is 79.9. The molecule has 6 nitrogen and oxygen atoms in total. The Morgan fingerprint density at radius 3 is 3.08 bits per heavy atom. The Hall–Kier alpha value is -0.890. The van der Waals surface area contributed by atoms with Crippen molar-refractivity contribution in [3.05, 3.63) is 11.1 Å². The zero-order valence-electron chi connectivity index (χ0n) is 6.27. The Labute approximate surface area is 85.9 Å². The number of hydrogen-bond acceptors (Lipinski definition) is 5. The third kappa shape index (κ3) is 1.73. The standard InChI is InChI=1S/C5H4BrN5OS/c6-4-7-2-8-11(4)5-10-9-3(12)1-13-5/h2H,1H2,(H,9,12). The van der Waals surface area contributed by atoms with Crippen molar-refractivity contribution in [1.82, 2.24) is 20.2 Å². The van der Waals surface area contributed by atoms with E-state index in [1.807, 2.05) is 0 Å². The molecule has 1 aliphatic heterocycles. The number of carbonyl (C=O) groups is 1. The highest BCUT2D eigenvalue weighted by Crippen LogP contribution is 2.13. The predicted molar refractivity (Wildman–Crippen MR) is 51.2 cm³/mol.